The number of ether oxygens (including phenoxy) is 1. The van der Waals surface area contributed by atoms with Gasteiger partial charge in [-0.05, 0) is 19.1 Å². The summed E-state index contributed by atoms with van der Waals surface area (Å²) in [5, 5.41) is 16.6. The van der Waals surface area contributed by atoms with Crippen LogP contribution >= 0.6 is 0 Å². The second-order valence-corrected chi connectivity index (χ2v) is 8.24. The second-order valence-electron chi connectivity index (χ2n) is 8.24. The molecule has 5 heterocycles. The fourth-order valence-electron chi connectivity index (χ4n) is 4.01. The fraction of sp³-hybridized carbons (Fsp3) is 0.381. The molecule has 0 radical (unpaired) electrons. The van der Waals surface area contributed by atoms with Gasteiger partial charge < -0.3 is 15.0 Å². The van der Waals surface area contributed by atoms with Crippen molar-refractivity contribution >= 4 is 17.2 Å². The van der Waals surface area contributed by atoms with Gasteiger partial charge in [0.25, 0.3) is 5.56 Å². The van der Waals surface area contributed by atoms with Gasteiger partial charge in [-0.25, -0.2) is 14.6 Å². The summed E-state index contributed by atoms with van der Waals surface area (Å²) in [7, 11) is 0. The van der Waals surface area contributed by atoms with E-state index in [2.05, 4.69) is 30.5 Å². The molecule has 4 aromatic rings. The van der Waals surface area contributed by atoms with Crippen molar-refractivity contribution < 1.29 is 17.9 Å². The first-order valence-electron chi connectivity index (χ1n) is 10.9. The summed E-state index contributed by atoms with van der Waals surface area (Å²) >= 11 is 0. The first-order valence-corrected chi connectivity index (χ1v) is 10.9. The smallest absolute Gasteiger partial charge is 0.378 e. The van der Waals surface area contributed by atoms with E-state index in [0.29, 0.717) is 13.1 Å². The van der Waals surface area contributed by atoms with Gasteiger partial charge in [-0.3, -0.25) is 9.48 Å². The Bertz CT molecular complexity index is 1390. The Morgan fingerprint density at radius 1 is 1.29 bits per heavy atom. The van der Waals surface area contributed by atoms with Gasteiger partial charge in [0.05, 0.1) is 55.8 Å². The summed E-state index contributed by atoms with van der Waals surface area (Å²) in [5.74, 6) is 0.857. The van der Waals surface area contributed by atoms with E-state index in [1.54, 1.807) is 17.6 Å². The number of H-pyrrole nitrogens is 1. The van der Waals surface area contributed by atoms with Crippen molar-refractivity contribution in [1.29, 1.82) is 0 Å². The lowest BCUT2D eigenvalue weighted by Crippen LogP contribution is -2.34. The van der Waals surface area contributed by atoms with E-state index >= 15 is 0 Å². The normalized spacial score (nSPS) is 14.8. The van der Waals surface area contributed by atoms with E-state index in [4.69, 9.17) is 4.74 Å². The van der Waals surface area contributed by atoms with Crippen molar-refractivity contribution in [3.05, 3.63) is 64.1 Å². The van der Waals surface area contributed by atoms with E-state index in [-0.39, 0.29) is 13.2 Å². The standard InChI is InChI=1S/C21H22F3N9O2/c1-13(27-16-9-25-29-20(34)19(16)21(22,23)24)11-35-12-14-8-15-10-31(6-7-32(15)30-14)17-3-5-33-18(28-17)2-4-26-33/h2-5,8-9,13H,6-7,10-12H2,1H3,(H2,27,29,34). The Kier molecular flexibility index (Phi) is 5.88. The third kappa shape index (κ3) is 4.82. The van der Waals surface area contributed by atoms with Crippen molar-refractivity contribution in [1.82, 2.24) is 34.6 Å². The predicted molar refractivity (Wildman–Crippen MR) is 119 cm³/mol. The van der Waals surface area contributed by atoms with Crippen molar-refractivity contribution in [2.24, 2.45) is 0 Å². The molecule has 0 bridgehead atoms. The average molecular weight is 489 g/mol. The minimum atomic E-state index is -4.80. The number of halogens is 3. The molecule has 1 atom stereocenters. The van der Waals surface area contributed by atoms with Gasteiger partial charge in [-0.2, -0.15) is 28.5 Å². The third-order valence-corrected chi connectivity index (χ3v) is 5.58. The summed E-state index contributed by atoms with van der Waals surface area (Å²) < 4.78 is 48.9. The van der Waals surface area contributed by atoms with Crippen molar-refractivity contribution in [3.63, 3.8) is 0 Å². The van der Waals surface area contributed by atoms with Crippen molar-refractivity contribution in [2.75, 3.05) is 23.4 Å². The van der Waals surface area contributed by atoms with Crippen LogP contribution in [0.25, 0.3) is 5.65 Å². The Morgan fingerprint density at radius 3 is 2.97 bits per heavy atom. The molecule has 4 aromatic heterocycles. The molecule has 11 nitrogen and oxygen atoms in total. The van der Waals surface area contributed by atoms with Crippen LogP contribution in [0, 0.1) is 0 Å². The highest BCUT2D eigenvalue weighted by atomic mass is 19.4. The fourth-order valence-corrected chi connectivity index (χ4v) is 4.01. The van der Waals surface area contributed by atoms with Crippen LogP contribution in [0.15, 0.2) is 41.6 Å². The van der Waals surface area contributed by atoms with Crippen LogP contribution in [0.3, 0.4) is 0 Å². The molecule has 1 aliphatic heterocycles. The molecular weight excluding hydrogens is 467 g/mol. The number of hydrogen-bond acceptors (Lipinski definition) is 8. The number of anilines is 2. The van der Waals surface area contributed by atoms with Crippen LogP contribution in [0.5, 0.6) is 0 Å². The lowest BCUT2D eigenvalue weighted by Gasteiger charge is -2.28. The van der Waals surface area contributed by atoms with Crippen LogP contribution in [0.4, 0.5) is 24.7 Å². The quantitative estimate of drug-likeness (QED) is 0.405. The SMILES string of the molecule is CC(COCc1cc2n(n1)CCN(c1ccn3nccc3n1)C2)Nc1cn[nH]c(=O)c1C(F)(F)F. The summed E-state index contributed by atoms with van der Waals surface area (Å²) in [6, 6.07) is 5.21. The van der Waals surface area contributed by atoms with Gasteiger partial charge >= 0.3 is 6.18 Å². The lowest BCUT2D eigenvalue weighted by molar-refractivity contribution is -0.138. The van der Waals surface area contributed by atoms with E-state index in [9.17, 15) is 18.0 Å². The molecule has 1 aliphatic rings. The number of nitrogens with zero attached hydrogens (tertiary/aromatic N) is 7. The number of hydrogen-bond donors (Lipinski definition) is 2. The van der Waals surface area contributed by atoms with Crippen LogP contribution in [-0.2, 0) is 30.6 Å². The molecule has 184 valence electrons. The van der Waals surface area contributed by atoms with Gasteiger partial charge in [0.2, 0.25) is 0 Å². The van der Waals surface area contributed by atoms with E-state index < -0.39 is 29.0 Å². The van der Waals surface area contributed by atoms with Gasteiger partial charge in [0.15, 0.2) is 5.65 Å². The van der Waals surface area contributed by atoms with Crippen LogP contribution in [0.1, 0.15) is 23.9 Å². The first-order chi connectivity index (χ1) is 16.8. The van der Waals surface area contributed by atoms with Crippen molar-refractivity contribution in [3.8, 4) is 0 Å². The summed E-state index contributed by atoms with van der Waals surface area (Å²) in [5.41, 5.74) is -0.488. The molecule has 0 saturated heterocycles. The zero-order valence-electron chi connectivity index (χ0n) is 18.7. The first kappa shape index (κ1) is 22.8. The molecular formula is C21H22F3N9O2. The largest absolute Gasteiger partial charge is 0.423 e. The number of alkyl halides is 3. The Balaban J connectivity index is 1.17. The van der Waals surface area contributed by atoms with Crippen LogP contribution in [-0.4, -0.2) is 53.8 Å². The highest BCUT2D eigenvalue weighted by Crippen LogP contribution is 2.31. The monoisotopic (exact) mass is 489 g/mol. The minimum Gasteiger partial charge on any atom is -0.378 e. The minimum absolute atomic E-state index is 0.105. The number of rotatable bonds is 7. The zero-order valence-corrected chi connectivity index (χ0v) is 18.7. The summed E-state index contributed by atoms with van der Waals surface area (Å²) in [6.45, 7) is 4.04. The maximum atomic E-state index is 13.2. The molecule has 0 aliphatic carbocycles. The number of aromatic amines is 1. The summed E-state index contributed by atoms with van der Waals surface area (Å²) in [4.78, 5) is 18.4. The molecule has 14 heteroatoms. The third-order valence-electron chi connectivity index (χ3n) is 5.58. The number of fused-ring (bicyclic) bond motifs is 2. The van der Waals surface area contributed by atoms with E-state index in [0.717, 1.165) is 35.6 Å². The molecule has 0 saturated carbocycles. The second kappa shape index (κ2) is 9.02. The van der Waals surface area contributed by atoms with Crippen LogP contribution < -0.4 is 15.8 Å². The Hall–Kier alpha value is -3.94. The molecule has 1 unspecified atom stereocenters. The molecule has 35 heavy (non-hydrogen) atoms. The van der Waals surface area contributed by atoms with Gasteiger partial charge in [-0.15, -0.1) is 0 Å². The highest BCUT2D eigenvalue weighted by Gasteiger charge is 2.37. The highest BCUT2D eigenvalue weighted by molar-refractivity contribution is 5.50. The Morgan fingerprint density at radius 2 is 2.14 bits per heavy atom. The topological polar surface area (TPSA) is 118 Å². The van der Waals surface area contributed by atoms with E-state index in [1.165, 1.54) is 0 Å². The average Bonchev–Trinajstić information content (AvgIpc) is 3.43. The maximum Gasteiger partial charge on any atom is 0.423 e. The van der Waals surface area contributed by atoms with Gasteiger partial charge in [-0.1, -0.05) is 0 Å². The van der Waals surface area contributed by atoms with E-state index in [1.807, 2.05) is 34.2 Å². The van der Waals surface area contributed by atoms with Gasteiger partial charge in [0.1, 0.15) is 11.4 Å². The van der Waals surface area contributed by atoms with Gasteiger partial charge in [0, 0.05) is 24.8 Å². The molecule has 0 aromatic carbocycles. The zero-order chi connectivity index (χ0) is 24.6. The number of nitrogens with one attached hydrogen (secondary N) is 2. The number of aromatic nitrogens is 7. The van der Waals surface area contributed by atoms with Crippen LogP contribution in [0.2, 0.25) is 0 Å². The maximum absolute atomic E-state index is 13.2. The Labute approximate surface area is 196 Å². The summed E-state index contributed by atoms with van der Waals surface area (Å²) in [6.07, 6.45) is -0.290. The lowest BCUT2D eigenvalue weighted by atomic mass is 10.2. The molecule has 0 spiro atoms. The predicted octanol–water partition coefficient (Wildman–Crippen LogP) is 2.07. The molecule has 2 N–H and O–H groups in total. The molecule has 0 amide bonds. The molecule has 5 rings (SSSR count). The molecule has 0 fully saturated rings. The van der Waals surface area contributed by atoms with Crippen molar-refractivity contribution in [2.45, 2.75) is 38.8 Å².